The van der Waals surface area contributed by atoms with Gasteiger partial charge in [0.15, 0.2) is 0 Å². The van der Waals surface area contributed by atoms with E-state index in [0.717, 1.165) is 12.1 Å². The molecule has 1 aliphatic heterocycles. The highest BCUT2D eigenvalue weighted by atomic mass is 16.5. The van der Waals surface area contributed by atoms with Crippen molar-refractivity contribution < 1.29 is 14.3 Å². The molecule has 1 saturated heterocycles. The number of hydrogen-bond acceptors (Lipinski definition) is 5. The summed E-state index contributed by atoms with van der Waals surface area (Å²) in [6.07, 6.45) is 6.22. The average molecular weight is 330 g/mol. The second kappa shape index (κ2) is 7.44. The fourth-order valence-electron chi connectivity index (χ4n) is 2.96. The average Bonchev–Trinajstić information content (AvgIpc) is 3.20. The minimum absolute atomic E-state index is 0.00381. The maximum atomic E-state index is 12.7. The zero-order valence-electron chi connectivity index (χ0n) is 14.0. The molecular formula is C17H22N4O3. The van der Waals surface area contributed by atoms with E-state index >= 15 is 0 Å². The summed E-state index contributed by atoms with van der Waals surface area (Å²) in [6.45, 7) is 1.02. The first-order valence-electron chi connectivity index (χ1n) is 7.99. The summed E-state index contributed by atoms with van der Waals surface area (Å²) in [4.78, 5) is 18.6. The number of amides is 1. The molecule has 128 valence electrons. The van der Waals surface area contributed by atoms with Crippen molar-refractivity contribution >= 4 is 5.91 Å². The lowest BCUT2D eigenvalue weighted by molar-refractivity contribution is -0.132. The van der Waals surface area contributed by atoms with Crippen molar-refractivity contribution in [3.05, 3.63) is 42.5 Å². The van der Waals surface area contributed by atoms with Crippen LogP contribution in [0.15, 0.2) is 36.8 Å². The number of ether oxygens (including phenoxy) is 2. The smallest absolute Gasteiger partial charge is 0.229 e. The molecule has 1 aliphatic rings. The number of carbonyl (C=O) groups is 1. The van der Waals surface area contributed by atoms with E-state index in [1.165, 1.54) is 0 Å². The van der Waals surface area contributed by atoms with Crippen LogP contribution >= 0.6 is 0 Å². The molecule has 0 radical (unpaired) electrons. The Hall–Kier alpha value is -2.41. The Kier molecular flexibility index (Phi) is 5.10. The van der Waals surface area contributed by atoms with Crippen molar-refractivity contribution in [2.45, 2.75) is 25.0 Å². The molecule has 7 nitrogen and oxygen atoms in total. The van der Waals surface area contributed by atoms with Gasteiger partial charge in [0.25, 0.3) is 0 Å². The first-order valence-corrected chi connectivity index (χ1v) is 7.99. The molecular weight excluding hydrogens is 308 g/mol. The van der Waals surface area contributed by atoms with Gasteiger partial charge in [-0.3, -0.25) is 14.5 Å². The van der Waals surface area contributed by atoms with Gasteiger partial charge in [0.05, 0.1) is 24.8 Å². The Bertz CT molecular complexity index is 673. The summed E-state index contributed by atoms with van der Waals surface area (Å²) in [5, 5.41) is 4.11. The van der Waals surface area contributed by atoms with Gasteiger partial charge in [-0.1, -0.05) is 0 Å². The van der Waals surface area contributed by atoms with Gasteiger partial charge in [0, 0.05) is 38.8 Å². The third-order valence-corrected chi connectivity index (χ3v) is 4.36. The number of carbonyl (C=O) groups excluding carboxylic acids is 1. The molecule has 0 saturated carbocycles. The quantitative estimate of drug-likeness (QED) is 0.792. The number of rotatable bonds is 6. The molecule has 0 bridgehead atoms. The van der Waals surface area contributed by atoms with Gasteiger partial charge in [0.1, 0.15) is 12.4 Å². The van der Waals surface area contributed by atoms with Crippen LogP contribution in [-0.2, 0) is 23.0 Å². The molecule has 2 aromatic heterocycles. The number of aryl methyl sites for hydroxylation is 1. The Morgan fingerprint density at radius 1 is 1.38 bits per heavy atom. The first-order chi connectivity index (χ1) is 11.7. The number of pyridine rings is 1. The summed E-state index contributed by atoms with van der Waals surface area (Å²) in [7, 11) is 3.52. The normalized spacial score (nSPS) is 20.3. The number of likely N-dealkylation sites (tertiary alicyclic amines) is 1. The number of aromatic nitrogens is 3. The standard InChI is InChI=1S/C17H22N4O3/c1-20-13(5-7-19-20)9-17(22)21-11-16(23-2)8-14(21)12-24-15-4-3-6-18-10-15/h3-7,10,14,16H,8-9,11-12H2,1-2H3/t14-,16+/m0/s1. The van der Waals surface area contributed by atoms with Gasteiger partial charge in [-0.2, -0.15) is 5.10 Å². The Labute approximate surface area is 141 Å². The summed E-state index contributed by atoms with van der Waals surface area (Å²) in [6, 6.07) is 5.55. The molecule has 0 unspecified atom stereocenters. The van der Waals surface area contributed by atoms with Gasteiger partial charge in [0.2, 0.25) is 5.91 Å². The number of nitrogens with zero attached hydrogens (tertiary/aromatic N) is 4. The van der Waals surface area contributed by atoms with Crippen molar-refractivity contribution in [2.24, 2.45) is 7.05 Å². The largest absolute Gasteiger partial charge is 0.490 e. The molecule has 3 heterocycles. The molecule has 0 N–H and O–H groups in total. The maximum Gasteiger partial charge on any atom is 0.229 e. The van der Waals surface area contributed by atoms with Crippen LogP contribution in [0, 0.1) is 0 Å². The van der Waals surface area contributed by atoms with Crippen LogP contribution in [0.1, 0.15) is 12.1 Å². The minimum Gasteiger partial charge on any atom is -0.490 e. The summed E-state index contributed by atoms with van der Waals surface area (Å²) >= 11 is 0. The van der Waals surface area contributed by atoms with Crippen LogP contribution in [0.25, 0.3) is 0 Å². The number of methoxy groups -OCH3 is 1. The molecule has 2 atom stereocenters. The van der Waals surface area contributed by atoms with E-state index in [0.29, 0.717) is 25.3 Å². The molecule has 1 amide bonds. The van der Waals surface area contributed by atoms with Crippen LogP contribution < -0.4 is 4.74 Å². The molecule has 0 spiro atoms. The SMILES string of the molecule is CO[C@@H]1C[C@@H](COc2cccnc2)N(C(=O)Cc2ccnn2C)C1. The van der Waals surface area contributed by atoms with E-state index in [-0.39, 0.29) is 18.1 Å². The van der Waals surface area contributed by atoms with Crippen LogP contribution in [0.4, 0.5) is 0 Å². The Balaban J connectivity index is 1.64. The minimum atomic E-state index is -0.00381. The highest BCUT2D eigenvalue weighted by molar-refractivity contribution is 5.79. The Morgan fingerprint density at radius 3 is 2.92 bits per heavy atom. The van der Waals surface area contributed by atoms with Crippen molar-refractivity contribution in [1.29, 1.82) is 0 Å². The molecule has 7 heteroatoms. The fourth-order valence-corrected chi connectivity index (χ4v) is 2.96. The van der Waals surface area contributed by atoms with Crippen LogP contribution in [0.2, 0.25) is 0 Å². The lowest BCUT2D eigenvalue weighted by Crippen LogP contribution is -2.40. The van der Waals surface area contributed by atoms with E-state index in [1.807, 2.05) is 30.1 Å². The van der Waals surface area contributed by atoms with E-state index < -0.39 is 0 Å². The highest BCUT2D eigenvalue weighted by Gasteiger charge is 2.35. The fraction of sp³-hybridized carbons (Fsp3) is 0.471. The second-order valence-corrected chi connectivity index (χ2v) is 5.92. The third kappa shape index (κ3) is 3.73. The van der Waals surface area contributed by atoms with Crippen LogP contribution in [-0.4, -0.2) is 58.0 Å². The predicted octanol–water partition coefficient (Wildman–Crippen LogP) is 1.05. The van der Waals surface area contributed by atoms with Gasteiger partial charge in [-0.05, 0) is 24.6 Å². The molecule has 3 rings (SSSR count). The Morgan fingerprint density at radius 2 is 2.25 bits per heavy atom. The zero-order valence-corrected chi connectivity index (χ0v) is 14.0. The van der Waals surface area contributed by atoms with Crippen molar-refractivity contribution in [3.63, 3.8) is 0 Å². The summed E-state index contributed by atoms with van der Waals surface area (Å²) in [5.74, 6) is 0.773. The van der Waals surface area contributed by atoms with Gasteiger partial charge < -0.3 is 14.4 Å². The molecule has 24 heavy (non-hydrogen) atoms. The van der Waals surface area contributed by atoms with Crippen LogP contribution in [0.5, 0.6) is 5.75 Å². The molecule has 2 aromatic rings. The van der Waals surface area contributed by atoms with Crippen molar-refractivity contribution in [3.8, 4) is 5.75 Å². The van der Waals surface area contributed by atoms with E-state index in [9.17, 15) is 4.79 Å². The predicted molar refractivity (Wildman–Crippen MR) is 87.6 cm³/mol. The zero-order chi connectivity index (χ0) is 16.9. The summed E-state index contributed by atoms with van der Waals surface area (Å²) < 4.78 is 13.0. The second-order valence-electron chi connectivity index (χ2n) is 5.92. The van der Waals surface area contributed by atoms with Gasteiger partial charge >= 0.3 is 0 Å². The first kappa shape index (κ1) is 16.4. The van der Waals surface area contributed by atoms with E-state index in [4.69, 9.17) is 9.47 Å². The van der Waals surface area contributed by atoms with Gasteiger partial charge in [-0.25, -0.2) is 0 Å². The summed E-state index contributed by atoms with van der Waals surface area (Å²) in [5.41, 5.74) is 0.896. The molecule has 0 aromatic carbocycles. The van der Waals surface area contributed by atoms with Crippen LogP contribution in [0.3, 0.4) is 0 Å². The van der Waals surface area contributed by atoms with E-state index in [2.05, 4.69) is 10.1 Å². The molecule has 0 aliphatic carbocycles. The lowest BCUT2D eigenvalue weighted by Gasteiger charge is -2.24. The maximum absolute atomic E-state index is 12.7. The monoisotopic (exact) mass is 330 g/mol. The third-order valence-electron chi connectivity index (χ3n) is 4.36. The topological polar surface area (TPSA) is 69.5 Å². The highest BCUT2D eigenvalue weighted by Crippen LogP contribution is 2.22. The molecule has 1 fully saturated rings. The number of hydrogen-bond donors (Lipinski definition) is 0. The van der Waals surface area contributed by atoms with Crippen molar-refractivity contribution in [1.82, 2.24) is 19.7 Å². The van der Waals surface area contributed by atoms with Crippen molar-refractivity contribution in [2.75, 3.05) is 20.3 Å². The van der Waals surface area contributed by atoms with Gasteiger partial charge in [-0.15, -0.1) is 0 Å². The van der Waals surface area contributed by atoms with E-state index in [1.54, 1.807) is 30.4 Å². The lowest BCUT2D eigenvalue weighted by atomic mass is 10.2.